The highest BCUT2D eigenvalue weighted by molar-refractivity contribution is 7.99. The molecule has 0 radical (unpaired) electrons. The first-order valence-corrected chi connectivity index (χ1v) is 7.53. The first kappa shape index (κ1) is 12.8. The van der Waals surface area contributed by atoms with Gasteiger partial charge in [-0.25, -0.2) is 0 Å². The second kappa shape index (κ2) is 6.31. The van der Waals surface area contributed by atoms with Crippen LogP contribution in [-0.2, 0) is 6.54 Å². The molecule has 0 bridgehead atoms. The summed E-state index contributed by atoms with van der Waals surface area (Å²) in [6.45, 7) is 5.51. The van der Waals surface area contributed by atoms with E-state index in [0.29, 0.717) is 0 Å². The minimum Gasteiger partial charge on any atom is -0.370 e. The summed E-state index contributed by atoms with van der Waals surface area (Å²) >= 11 is 2.08. The molecule has 1 aliphatic rings. The molecule has 0 unspecified atom stereocenters. The zero-order chi connectivity index (χ0) is 12.1. The van der Waals surface area contributed by atoms with Crippen LogP contribution in [0.4, 0.5) is 5.69 Å². The molecule has 0 aromatic heterocycles. The summed E-state index contributed by atoms with van der Waals surface area (Å²) in [6, 6.07) is 6.83. The molecule has 1 aromatic carbocycles. The minimum atomic E-state index is 0.959. The van der Waals surface area contributed by atoms with Gasteiger partial charge in [0.15, 0.2) is 0 Å². The predicted molar refractivity (Wildman–Crippen MR) is 78.1 cm³/mol. The van der Waals surface area contributed by atoms with Crippen LogP contribution in [0.1, 0.15) is 17.5 Å². The number of rotatable bonds is 3. The van der Waals surface area contributed by atoms with Gasteiger partial charge in [0.25, 0.3) is 0 Å². The van der Waals surface area contributed by atoms with Crippen molar-refractivity contribution in [3.8, 4) is 0 Å². The molecule has 0 aliphatic carbocycles. The van der Waals surface area contributed by atoms with E-state index in [1.165, 1.54) is 47.8 Å². The third-order valence-corrected chi connectivity index (χ3v) is 4.21. The molecule has 17 heavy (non-hydrogen) atoms. The molecule has 1 N–H and O–H groups in total. The third kappa shape index (κ3) is 3.39. The van der Waals surface area contributed by atoms with Gasteiger partial charge in [0.05, 0.1) is 0 Å². The fourth-order valence-electron chi connectivity index (χ4n) is 2.34. The molecule has 1 saturated heterocycles. The van der Waals surface area contributed by atoms with Gasteiger partial charge in [-0.05, 0) is 37.8 Å². The van der Waals surface area contributed by atoms with Gasteiger partial charge in [0.2, 0.25) is 0 Å². The molecule has 2 rings (SSSR count). The Hall–Kier alpha value is -0.670. The fraction of sp³-hybridized carbons (Fsp3) is 0.571. The van der Waals surface area contributed by atoms with Crippen LogP contribution in [0.5, 0.6) is 0 Å². The zero-order valence-corrected chi connectivity index (χ0v) is 11.6. The van der Waals surface area contributed by atoms with Crippen LogP contribution >= 0.6 is 11.8 Å². The van der Waals surface area contributed by atoms with Crippen molar-refractivity contribution in [1.82, 2.24) is 5.32 Å². The summed E-state index contributed by atoms with van der Waals surface area (Å²) in [5.41, 5.74) is 4.20. The SMILES string of the molecule is CNCc1cc(C)ccc1N1CCCSCC1. The van der Waals surface area contributed by atoms with Crippen molar-refractivity contribution in [2.45, 2.75) is 19.9 Å². The quantitative estimate of drug-likeness (QED) is 0.888. The van der Waals surface area contributed by atoms with Crippen molar-refractivity contribution in [1.29, 1.82) is 0 Å². The van der Waals surface area contributed by atoms with Gasteiger partial charge in [-0.2, -0.15) is 11.8 Å². The first-order chi connectivity index (χ1) is 8.31. The summed E-state index contributed by atoms with van der Waals surface area (Å²) in [5, 5.41) is 3.27. The van der Waals surface area contributed by atoms with Crippen LogP contribution in [0.2, 0.25) is 0 Å². The Bertz CT molecular complexity index is 357. The second-order valence-corrected chi connectivity index (χ2v) is 5.84. The highest BCUT2D eigenvalue weighted by Crippen LogP contribution is 2.24. The Morgan fingerprint density at radius 2 is 2.18 bits per heavy atom. The Morgan fingerprint density at radius 1 is 1.29 bits per heavy atom. The molecule has 0 atom stereocenters. The highest BCUT2D eigenvalue weighted by Gasteiger charge is 2.13. The molecular formula is C14H22N2S. The smallest absolute Gasteiger partial charge is 0.0412 e. The molecule has 94 valence electrons. The number of nitrogens with zero attached hydrogens (tertiary/aromatic N) is 1. The fourth-order valence-corrected chi connectivity index (χ4v) is 3.23. The molecule has 1 fully saturated rings. The van der Waals surface area contributed by atoms with E-state index in [9.17, 15) is 0 Å². The zero-order valence-electron chi connectivity index (χ0n) is 10.8. The average molecular weight is 250 g/mol. The molecular weight excluding hydrogens is 228 g/mol. The van der Waals surface area contributed by atoms with Crippen LogP contribution < -0.4 is 10.2 Å². The lowest BCUT2D eigenvalue weighted by Crippen LogP contribution is -2.27. The van der Waals surface area contributed by atoms with E-state index in [-0.39, 0.29) is 0 Å². The topological polar surface area (TPSA) is 15.3 Å². The number of thioether (sulfide) groups is 1. The maximum atomic E-state index is 3.27. The van der Waals surface area contributed by atoms with E-state index in [4.69, 9.17) is 0 Å². The number of anilines is 1. The van der Waals surface area contributed by atoms with Crippen molar-refractivity contribution in [2.24, 2.45) is 0 Å². The lowest BCUT2D eigenvalue weighted by atomic mass is 10.1. The normalized spacial score (nSPS) is 16.9. The summed E-state index contributed by atoms with van der Waals surface area (Å²) in [7, 11) is 2.02. The van der Waals surface area contributed by atoms with Crippen molar-refractivity contribution < 1.29 is 0 Å². The second-order valence-electron chi connectivity index (χ2n) is 4.62. The van der Waals surface area contributed by atoms with Crippen LogP contribution in [0.3, 0.4) is 0 Å². The molecule has 1 heterocycles. The number of hydrogen-bond donors (Lipinski definition) is 1. The van der Waals surface area contributed by atoms with Crippen molar-refractivity contribution in [3.05, 3.63) is 29.3 Å². The van der Waals surface area contributed by atoms with Gasteiger partial charge in [-0.15, -0.1) is 0 Å². The van der Waals surface area contributed by atoms with E-state index < -0.39 is 0 Å². The summed E-state index contributed by atoms with van der Waals surface area (Å²) < 4.78 is 0. The monoisotopic (exact) mass is 250 g/mol. The van der Waals surface area contributed by atoms with Gasteiger partial charge >= 0.3 is 0 Å². The number of nitrogens with one attached hydrogen (secondary N) is 1. The molecule has 1 aromatic rings. The Morgan fingerprint density at radius 3 is 3.00 bits per heavy atom. The Balaban J connectivity index is 2.22. The number of benzene rings is 1. The first-order valence-electron chi connectivity index (χ1n) is 6.38. The average Bonchev–Trinajstić information content (AvgIpc) is 2.58. The maximum Gasteiger partial charge on any atom is 0.0412 e. The van der Waals surface area contributed by atoms with Gasteiger partial charge in [0, 0.05) is 31.1 Å². The van der Waals surface area contributed by atoms with Gasteiger partial charge in [-0.1, -0.05) is 17.7 Å². The highest BCUT2D eigenvalue weighted by atomic mass is 32.2. The van der Waals surface area contributed by atoms with Crippen molar-refractivity contribution >= 4 is 17.4 Å². The molecule has 0 saturated carbocycles. The molecule has 3 heteroatoms. The van der Waals surface area contributed by atoms with Crippen LogP contribution in [0.25, 0.3) is 0 Å². The van der Waals surface area contributed by atoms with Crippen molar-refractivity contribution in [3.63, 3.8) is 0 Å². The number of aryl methyl sites for hydroxylation is 1. The minimum absolute atomic E-state index is 0.959. The predicted octanol–water partition coefficient (Wildman–Crippen LogP) is 2.66. The Labute approximate surface area is 109 Å². The van der Waals surface area contributed by atoms with E-state index in [0.717, 1.165) is 6.54 Å². The largest absolute Gasteiger partial charge is 0.370 e. The van der Waals surface area contributed by atoms with E-state index in [1.807, 2.05) is 7.05 Å². The van der Waals surface area contributed by atoms with Gasteiger partial charge in [-0.3, -0.25) is 0 Å². The summed E-state index contributed by atoms with van der Waals surface area (Å²) in [6.07, 6.45) is 1.30. The van der Waals surface area contributed by atoms with Crippen molar-refractivity contribution in [2.75, 3.05) is 36.5 Å². The van der Waals surface area contributed by atoms with E-state index in [1.54, 1.807) is 0 Å². The van der Waals surface area contributed by atoms with Crippen LogP contribution in [-0.4, -0.2) is 31.6 Å². The van der Waals surface area contributed by atoms with Gasteiger partial charge in [0.1, 0.15) is 0 Å². The van der Waals surface area contributed by atoms with Crippen LogP contribution in [0.15, 0.2) is 18.2 Å². The molecule has 0 spiro atoms. The van der Waals surface area contributed by atoms with E-state index in [2.05, 4.69) is 47.1 Å². The Kier molecular flexibility index (Phi) is 4.75. The lowest BCUT2D eigenvalue weighted by Gasteiger charge is -2.25. The molecule has 2 nitrogen and oxygen atoms in total. The summed E-state index contributed by atoms with van der Waals surface area (Å²) in [5.74, 6) is 2.57. The summed E-state index contributed by atoms with van der Waals surface area (Å²) in [4.78, 5) is 2.55. The van der Waals surface area contributed by atoms with Crippen LogP contribution in [0, 0.1) is 6.92 Å². The molecule has 0 amide bonds. The lowest BCUT2D eigenvalue weighted by molar-refractivity contribution is 0.779. The number of hydrogen-bond acceptors (Lipinski definition) is 3. The van der Waals surface area contributed by atoms with E-state index >= 15 is 0 Å². The van der Waals surface area contributed by atoms with Gasteiger partial charge < -0.3 is 10.2 Å². The molecule has 1 aliphatic heterocycles. The standard InChI is InChI=1S/C14H22N2S/c1-12-4-5-14(13(10-12)11-15-2)16-6-3-8-17-9-7-16/h4-5,10,15H,3,6-9,11H2,1-2H3. The third-order valence-electron chi connectivity index (χ3n) is 3.17. The maximum absolute atomic E-state index is 3.27.